The Hall–Kier alpha value is -4.11. The second-order valence-electron chi connectivity index (χ2n) is 8.76. The third kappa shape index (κ3) is 5.27. The van der Waals surface area contributed by atoms with Crippen LogP contribution in [0.1, 0.15) is 29.3 Å². The van der Waals surface area contributed by atoms with Gasteiger partial charge in [0.25, 0.3) is 10.0 Å². The van der Waals surface area contributed by atoms with Crippen LogP contribution in [0.2, 0.25) is 0 Å². The van der Waals surface area contributed by atoms with Gasteiger partial charge in [-0.25, -0.2) is 13.1 Å². The van der Waals surface area contributed by atoms with E-state index in [-0.39, 0.29) is 19.2 Å². The lowest BCUT2D eigenvalue weighted by atomic mass is 10.0. The molecule has 3 N–H and O–H groups in total. The summed E-state index contributed by atoms with van der Waals surface area (Å²) < 4.78 is 79.7. The van der Waals surface area contributed by atoms with Gasteiger partial charge in [-0.3, -0.25) is 14.8 Å². The van der Waals surface area contributed by atoms with Crippen LogP contribution in [0, 0.1) is 0 Å². The Morgan fingerprint density at radius 2 is 2.03 bits per heavy atom. The molecule has 2 aromatic carbocycles. The third-order valence-electron chi connectivity index (χ3n) is 6.32. The number of ether oxygens (including phenoxy) is 2. The van der Waals surface area contributed by atoms with Crippen LogP contribution >= 0.6 is 0 Å². The molecule has 1 amide bonds. The van der Waals surface area contributed by atoms with E-state index in [9.17, 15) is 26.4 Å². The summed E-state index contributed by atoms with van der Waals surface area (Å²) in [7, 11) is -4.52. The molecule has 0 radical (unpaired) electrons. The largest absolute Gasteiger partial charge is 0.493 e. The summed E-state index contributed by atoms with van der Waals surface area (Å²) in [5.74, 6) is 0.491. The van der Waals surface area contributed by atoms with Crippen LogP contribution in [0.15, 0.2) is 66.0 Å². The fourth-order valence-electron chi connectivity index (χ4n) is 4.46. The van der Waals surface area contributed by atoms with E-state index in [1.165, 1.54) is 0 Å². The summed E-state index contributed by atoms with van der Waals surface area (Å²) in [6.07, 6.45) is -0.515. The highest BCUT2D eigenvalue weighted by Crippen LogP contribution is 2.37. The van der Waals surface area contributed by atoms with Gasteiger partial charge in [0.05, 0.1) is 28.8 Å². The number of fused-ring (bicyclic) bond motifs is 1. The Balaban J connectivity index is 1.40. The molecular weight excluding hydrogens is 541 g/mol. The number of rotatable bonds is 7. The Kier molecular flexibility index (Phi) is 6.94. The second kappa shape index (κ2) is 10.2. The third-order valence-corrected chi connectivity index (χ3v) is 8.10. The normalized spacial score (nSPS) is 19.3. The van der Waals surface area contributed by atoms with Gasteiger partial charge < -0.3 is 14.8 Å². The van der Waals surface area contributed by atoms with Crippen LogP contribution in [-0.4, -0.2) is 53.0 Å². The van der Waals surface area contributed by atoms with Crippen molar-refractivity contribution in [3.8, 4) is 11.5 Å². The number of nitrogens with two attached hydrogens (primary N) is 1. The van der Waals surface area contributed by atoms with E-state index in [2.05, 4.69) is 15.6 Å². The summed E-state index contributed by atoms with van der Waals surface area (Å²) in [5, 5.41) is 10.8. The molecule has 3 aromatic rings. The van der Waals surface area contributed by atoms with Crippen molar-refractivity contribution in [3.05, 3.63) is 77.9 Å². The van der Waals surface area contributed by atoms with Crippen molar-refractivity contribution in [1.29, 1.82) is 0 Å². The molecule has 3 heterocycles. The number of carbonyl (C=O) groups is 1. The van der Waals surface area contributed by atoms with Gasteiger partial charge in [0.2, 0.25) is 5.91 Å². The molecule has 0 spiro atoms. The number of aromatic nitrogens is 3. The average molecular weight is 565 g/mol. The van der Waals surface area contributed by atoms with Crippen LogP contribution in [0.25, 0.3) is 0 Å². The van der Waals surface area contributed by atoms with Crippen LogP contribution in [0.3, 0.4) is 0 Å². The fourth-order valence-corrected chi connectivity index (χ4v) is 5.96. The monoisotopic (exact) mass is 564 g/mol. The molecule has 0 saturated heterocycles. The number of hydrogen-bond donors (Lipinski definition) is 2. The van der Waals surface area contributed by atoms with Gasteiger partial charge in [-0.1, -0.05) is 11.3 Å². The first kappa shape index (κ1) is 26.5. The zero-order chi connectivity index (χ0) is 27.8. The van der Waals surface area contributed by atoms with Gasteiger partial charge >= 0.3 is 6.18 Å². The van der Waals surface area contributed by atoms with Crippen LogP contribution in [0.5, 0.6) is 11.5 Å². The molecule has 11 nitrogen and oxygen atoms in total. The summed E-state index contributed by atoms with van der Waals surface area (Å²) in [5.41, 5.74) is 5.45. The second-order valence-corrected chi connectivity index (χ2v) is 10.6. The van der Waals surface area contributed by atoms with Crippen molar-refractivity contribution in [2.75, 3.05) is 13.3 Å². The lowest BCUT2D eigenvalue weighted by molar-refractivity contribution is -0.137. The SMILES string of the molecule is NCOc1ccc2c(c1)OCCC2n1cc(CC2C(=O)NC=CN2S(=O)(=O)c2cccc(C(F)(F)F)c2)nn1. The number of carbonyl (C=O) groups excluding carboxylic acids is 1. The molecular formula is C24H23F3N6O5S. The minimum Gasteiger partial charge on any atom is -0.493 e. The Bertz CT molecular complexity index is 1520. The molecule has 0 bridgehead atoms. The number of hydrogen-bond acceptors (Lipinski definition) is 8. The van der Waals surface area contributed by atoms with E-state index in [0.717, 1.165) is 40.5 Å². The van der Waals surface area contributed by atoms with Gasteiger partial charge in [0.1, 0.15) is 24.3 Å². The number of halogens is 3. The number of benzene rings is 2. The van der Waals surface area contributed by atoms with Crippen molar-refractivity contribution in [3.63, 3.8) is 0 Å². The highest BCUT2D eigenvalue weighted by Gasteiger charge is 2.38. The maximum absolute atomic E-state index is 13.3. The molecule has 0 aliphatic carbocycles. The van der Waals surface area contributed by atoms with E-state index in [0.29, 0.717) is 36.3 Å². The van der Waals surface area contributed by atoms with Crippen molar-refractivity contribution < 1.29 is 35.9 Å². The molecule has 206 valence electrons. The smallest absolute Gasteiger partial charge is 0.416 e. The molecule has 2 unspecified atom stereocenters. The first-order valence-corrected chi connectivity index (χ1v) is 13.2. The number of alkyl halides is 3. The van der Waals surface area contributed by atoms with Gasteiger partial charge in [-0.2, -0.15) is 13.2 Å². The Labute approximate surface area is 221 Å². The van der Waals surface area contributed by atoms with Gasteiger partial charge in [0, 0.05) is 43.1 Å². The molecule has 2 aliphatic rings. The summed E-state index contributed by atoms with van der Waals surface area (Å²) >= 11 is 0. The van der Waals surface area contributed by atoms with Crippen LogP contribution < -0.4 is 20.5 Å². The standard InChI is InChI=1S/C24H23F3N6O5S/c25-24(26,27)15-2-1-3-18(10-15)39(35,36)33-8-7-29-23(34)21(33)11-16-13-32(31-30-16)20-6-9-37-22-12-17(38-14-28)4-5-19(20)22/h1-5,7-8,10,12-13,20-21H,6,9,11,14,28H2,(H,29,34). The minimum absolute atomic E-state index is 0.0130. The first-order valence-electron chi connectivity index (χ1n) is 11.8. The predicted molar refractivity (Wildman–Crippen MR) is 130 cm³/mol. The zero-order valence-electron chi connectivity index (χ0n) is 20.2. The molecule has 1 aromatic heterocycles. The van der Waals surface area contributed by atoms with Crippen molar-refractivity contribution in [2.24, 2.45) is 5.73 Å². The summed E-state index contributed by atoms with van der Waals surface area (Å²) in [6.45, 7) is 0.414. The van der Waals surface area contributed by atoms with Crippen LogP contribution in [0.4, 0.5) is 13.2 Å². The Morgan fingerprint density at radius 1 is 1.21 bits per heavy atom. The highest BCUT2D eigenvalue weighted by molar-refractivity contribution is 7.89. The molecule has 15 heteroatoms. The van der Waals surface area contributed by atoms with Gasteiger partial charge in [-0.05, 0) is 30.3 Å². The minimum atomic E-state index is -4.74. The molecule has 5 rings (SSSR count). The van der Waals surface area contributed by atoms with Gasteiger partial charge in [0.15, 0.2) is 0 Å². The maximum atomic E-state index is 13.3. The van der Waals surface area contributed by atoms with E-state index < -0.39 is 38.6 Å². The van der Waals surface area contributed by atoms with Crippen LogP contribution in [-0.2, 0) is 27.4 Å². The number of nitrogens with zero attached hydrogens (tertiary/aromatic N) is 4. The molecule has 0 saturated carbocycles. The zero-order valence-corrected chi connectivity index (χ0v) is 21.0. The van der Waals surface area contributed by atoms with E-state index in [4.69, 9.17) is 15.2 Å². The highest BCUT2D eigenvalue weighted by atomic mass is 32.2. The molecule has 2 atom stereocenters. The number of sulfonamides is 1. The molecule has 2 aliphatic heterocycles. The van der Waals surface area contributed by atoms with Crippen molar-refractivity contribution in [1.82, 2.24) is 24.6 Å². The summed E-state index contributed by atoms with van der Waals surface area (Å²) in [4.78, 5) is 12.1. The average Bonchev–Trinajstić information content (AvgIpc) is 3.37. The lowest BCUT2D eigenvalue weighted by Crippen LogP contribution is -2.50. The number of nitrogens with one attached hydrogen (secondary N) is 1. The molecule has 0 fully saturated rings. The van der Waals surface area contributed by atoms with Crippen molar-refractivity contribution in [2.45, 2.75) is 36.0 Å². The number of amides is 1. The predicted octanol–water partition coefficient (Wildman–Crippen LogP) is 2.17. The fraction of sp³-hybridized carbons (Fsp3) is 0.292. The molecule has 39 heavy (non-hydrogen) atoms. The van der Waals surface area contributed by atoms with E-state index in [1.54, 1.807) is 23.0 Å². The Morgan fingerprint density at radius 3 is 2.79 bits per heavy atom. The first-order chi connectivity index (χ1) is 18.6. The van der Waals surface area contributed by atoms with Gasteiger partial charge in [-0.15, -0.1) is 5.10 Å². The summed E-state index contributed by atoms with van der Waals surface area (Å²) in [6, 6.07) is 7.11. The van der Waals surface area contributed by atoms with E-state index >= 15 is 0 Å². The lowest BCUT2D eigenvalue weighted by Gasteiger charge is -2.31. The van der Waals surface area contributed by atoms with E-state index in [1.807, 2.05) is 6.07 Å². The maximum Gasteiger partial charge on any atom is 0.416 e. The van der Waals surface area contributed by atoms with Crippen molar-refractivity contribution >= 4 is 15.9 Å². The topological polar surface area (TPSA) is 142 Å². The quantitative estimate of drug-likeness (QED) is 0.416.